The molecule has 0 spiro atoms. The second-order valence-corrected chi connectivity index (χ2v) is 6.74. The summed E-state index contributed by atoms with van der Waals surface area (Å²) in [7, 11) is -2.99. The van der Waals surface area contributed by atoms with Crippen molar-refractivity contribution in [3.8, 4) is 0 Å². The molecule has 5 heteroatoms. The van der Waals surface area contributed by atoms with Crippen molar-refractivity contribution in [1.29, 1.82) is 0 Å². The summed E-state index contributed by atoms with van der Waals surface area (Å²) < 4.78 is 24.4. The van der Waals surface area contributed by atoms with Gasteiger partial charge in [-0.25, -0.2) is 12.7 Å². The Morgan fingerprint density at radius 3 is 2.33 bits per heavy atom. The van der Waals surface area contributed by atoms with Crippen LogP contribution in [0.5, 0.6) is 0 Å². The predicted octanol–water partition coefficient (Wildman–Crippen LogP) is 0.552. The quantitative estimate of drug-likeness (QED) is 0.773. The van der Waals surface area contributed by atoms with E-state index in [0.717, 1.165) is 12.8 Å². The summed E-state index contributed by atoms with van der Waals surface area (Å²) in [5, 5.41) is 3.55. The van der Waals surface area contributed by atoms with E-state index in [0.29, 0.717) is 25.2 Å². The van der Waals surface area contributed by atoms with Gasteiger partial charge in [-0.3, -0.25) is 0 Å². The molecule has 15 heavy (non-hydrogen) atoms. The van der Waals surface area contributed by atoms with Crippen LogP contribution in [0.25, 0.3) is 0 Å². The van der Waals surface area contributed by atoms with E-state index in [1.807, 2.05) is 0 Å². The first-order valence-corrected chi connectivity index (χ1v) is 7.62. The molecule has 88 valence electrons. The first-order chi connectivity index (χ1) is 7.05. The molecule has 0 aromatic rings. The summed E-state index contributed by atoms with van der Waals surface area (Å²) >= 11 is 0. The average molecular weight is 232 g/mol. The van der Waals surface area contributed by atoms with E-state index in [1.165, 1.54) is 25.5 Å². The van der Waals surface area contributed by atoms with E-state index < -0.39 is 10.0 Å². The lowest BCUT2D eigenvalue weighted by Crippen LogP contribution is -2.51. The van der Waals surface area contributed by atoms with Crippen molar-refractivity contribution < 1.29 is 8.42 Å². The minimum atomic E-state index is -2.99. The van der Waals surface area contributed by atoms with Crippen LogP contribution in [0, 0.1) is 0 Å². The summed E-state index contributed by atoms with van der Waals surface area (Å²) in [4.78, 5) is 0. The maximum atomic E-state index is 11.4. The Labute approximate surface area is 92.1 Å². The Hall–Kier alpha value is -0.130. The Morgan fingerprint density at radius 1 is 1.13 bits per heavy atom. The van der Waals surface area contributed by atoms with Crippen molar-refractivity contribution >= 4 is 10.0 Å². The average Bonchev–Trinajstić information content (AvgIpc) is 2.11. The molecule has 0 amide bonds. The summed E-state index contributed by atoms with van der Waals surface area (Å²) in [5.74, 6) is 0. The molecule has 0 radical (unpaired) electrons. The topological polar surface area (TPSA) is 49.4 Å². The zero-order valence-corrected chi connectivity index (χ0v) is 10.1. The van der Waals surface area contributed by atoms with Crippen LogP contribution in [-0.4, -0.2) is 44.2 Å². The minimum absolute atomic E-state index is 0.374. The lowest BCUT2D eigenvalue weighted by Gasteiger charge is -2.36. The fourth-order valence-corrected chi connectivity index (χ4v) is 3.20. The van der Waals surface area contributed by atoms with Crippen LogP contribution < -0.4 is 5.32 Å². The van der Waals surface area contributed by atoms with Crippen molar-refractivity contribution in [2.75, 3.05) is 19.3 Å². The van der Waals surface area contributed by atoms with Crippen molar-refractivity contribution in [3.05, 3.63) is 0 Å². The van der Waals surface area contributed by atoms with Gasteiger partial charge in [0.2, 0.25) is 10.0 Å². The third-order valence-electron chi connectivity index (χ3n) is 3.43. The SMILES string of the molecule is CS(=O)(=O)N1CCCC(NC2CCC2)C1. The standard InChI is InChI=1S/C10H20N2O2S/c1-15(13,14)12-7-3-6-10(8-12)11-9-4-2-5-9/h9-11H,2-8H2,1H3. The highest BCUT2D eigenvalue weighted by atomic mass is 32.2. The molecule has 0 aromatic heterocycles. The van der Waals surface area contributed by atoms with E-state index in [9.17, 15) is 8.42 Å². The van der Waals surface area contributed by atoms with Gasteiger partial charge in [0, 0.05) is 25.2 Å². The fourth-order valence-electron chi connectivity index (χ4n) is 2.29. The normalized spacial score (nSPS) is 30.1. The second kappa shape index (κ2) is 4.39. The molecule has 1 unspecified atom stereocenters. The largest absolute Gasteiger partial charge is 0.310 e. The molecular weight excluding hydrogens is 212 g/mol. The van der Waals surface area contributed by atoms with Crippen LogP contribution in [0.2, 0.25) is 0 Å². The van der Waals surface area contributed by atoms with Gasteiger partial charge >= 0.3 is 0 Å². The highest BCUT2D eigenvalue weighted by Gasteiger charge is 2.28. The maximum absolute atomic E-state index is 11.4. The monoisotopic (exact) mass is 232 g/mol. The van der Waals surface area contributed by atoms with Gasteiger partial charge in [-0.05, 0) is 25.7 Å². The molecule has 1 saturated carbocycles. The minimum Gasteiger partial charge on any atom is -0.310 e. The van der Waals surface area contributed by atoms with Gasteiger partial charge in [-0.2, -0.15) is 0 Å². The van der Waals surface area contributed by atoms with Crippen molar-refractivity contribution in [3.63, 3.8) is 0 Å². The fraction of sp³-hybridized carbons (Fsp3) is 1.00. The number of nitrogens with one attached hydrogen (secondary N) is 1. The van der Waals surface area contributed by atoms with Gasteiger partial charge in [0.1, 0.15) is 0 Å². The summed E-state index contributed by atoms with van der Waals surface area (Å²) in [5.41, 5.74) is 0. The van der Waals surface area contributed by atoms with E-state index in [4.69, 9.17) is 0 Å². The number of nitrogens with zero attached hydrogens (tertiary/aromatic N) is 1. The Balaban J connectivity index is 1.86. The van der Waals surface area contributed by atoms with Crippen LogP contribution in [-0.2, 0) is 10.0 Å². The molecule has 2 fully saturated rings. The Bertz CT molecular complexity index is 311. The highest BCUT2D eigenvalue weighted by molar-refractivity contribution is 7.88. The van der Waals surface area contributed by atoms with E-state index in [-0.39, 0.29) is 0 Å². The molecule has 1 N–H and O–H groups in total. The molecule has 1 aliphatic carbocycles. The van der Waals surface area contributed by atoms with Crippen molar-refractivity contribution in [2.24, 2.45) is 0 Å². The van der Waals surface area contributed by atoms with Crippen LogP contribution in [0.1, 0.15) is 32.1 Å². The molecule has 0 aromatic carbocycles. The zero-order chi connectivity index (χ0) is 10.9. The van der Waals surface area contributed by atoms with Gasteiger partial charge in [-0.15, -0.1) is 0 Å². The summed E-state index contributed by atoms with van der Waals surface area (Å²) in [6.07, 6.45) is 7.24. The lowest BCUT2D eigenvalue weighted by atomic mass is 9.91. The summed E-state index contributed by atoms with van der Waals surface area (Å²) in [6.45, 7) is 1.36. The molecule has 1 saturated heterocycles. The van der Waals surface area contributed by atoms with Crippen molar-refractivity contribution in [2.45, 2.75) is 44.2 Å². The zero-order valence-electron chi connectivity index (χ0n) is 9.28. The molecule has 2 aliphatic rings. The smallest absolute Gasteiger partial charge is 0.211 e. The number of hydrogen-bond donors (Lipinski definition) is 1. The first-order valence-electron chi connectivity index (χ1n) is 5.77. The molecule has 4 nitrogen and oxygen atoms in total. The number of hydrogen-bond acceptors (Lipinski definition) is 3. The second-order valence-electron chi connectivity index (χ2n) is 4.75. The number of rotatable bonds is 3. The lowest BCUT2D eigenvalue weighted by molar-refractivity contribution is 0.231. The summed E-state index contributed by atoms with van der Waals surface area (Å²) in [6, 6.07) is 1.02. The molecule has 1 heterocycles. The first kappa shape index (κ1) is 11.4. The van der Waals surface area contributed by atoms with Gasteiger partial charge in [0.15, 0.2) is 0 Å². The van der Waals surface area contributed by atoms with Crippen molar-refractivity contribution in [1.82, 2.24) is 9.62 Å². The van der Waals surface area contributed by atoms with Crippen LogP contribution in [0.4, 0.5) is 0 Å². The third-order valence-corrected chi connectivity index (χ3v) is 4.70. The third kappa shape index (κ3) is 2.92. The van der Waals surface area contributed by atoms with Gasteiger partial charge in [0.05, 0.1) is 6.26 Å². The molecule has 0 bridgehead atoms. The molecular formula is C10H20N2O2S. The van der Waals surface area contributed by atoms with Crippen LogP contribution in [0.15, 0.2) is 0 Å². The molecule has 2 rings (SSSR count). The molecule has 1 aliphatic heterocycles. The van der Waals surface area contributed by atoms with E-state index >= 15 is 0 Å². The van der Waals surface area contributed by atoms with Gasteiger partial charge in [0.25, 0.3) is 0 Å². The van der Waals surface area contributed by atoms with Gasteiger partial charge in [-0.1, -0.05) is 6.42 Å². The van der Waals surface area contributed by atoms with E-state index in [1.54, 1.807) is 4.31 Å². The van der Waals surface area contributed by atoms with Crippen LogP contribution in [0.3, 0.4) is 0 Å². The maximum Gasteiger partial charge on any atom is 0.211 e. The number of sulfonamides is 1. The Kier molecular flexibility index (Phi) is 3.33. The van der Waals surface area contributed by atoms with Gasteiger partial charge < -0.3 is 5.32 Å². The molecule has 1 atom stereocenters. The number of piperidine rings is 1. The highest BCUT2D eigenvalue weighted by Crippen LogP contribution is 2.21. The predicted molar refractivity (Wildman–Crippen MR) is 60.2 cm³/mol. The van der Waals surface area contributed by atoms with E-state index in [2.05, 4.69) is 5.32 Å². The van der Waals surface area contributed by atoms with Crippen LogP contribution >= 0.6 is 0 Å². The Morgan fingerprint density at radius 2 is 1.80 bits per heavy atom.